The van der Waals surface area contributed by atoms with Crippen molar-refractivity contribution in [2.24, 2.45) is 17.3 Å². The molecule has 1 aromatic heterocycles. The monoisotopic (exact) mass is 457 g/mol. The standard InChI is InChI=1S/C27H39NO5/c1-18-8-7-9-19(2)27(31,32)21(4)25(30)26(5,6)15-12-24(29)33-23(11-10-18)20(3)22-13-16-28-17-14-22/h10,13-14,16-17,19,21,23,31-32H,3,7-9,11-12,15H2,1-2,4-6H3. The second-order valence-electron chi connectivity index (χ2n) is 10.1. The highest BCUT2D eigenvalue weighted by atomic mass is 16.5. The number of carbonyl (C=O) groups excluding carboxylic acids is 2. The van der Waals surface area contributed by atoms with E-state index in [1.54, 1.807) is 40.1 Å². The Balaban J connectivity index is 2.31. The van der Waals surface area contributed by atoms with Gasteiger partial charge in [0.25, 0.3) is 0 Å². The van der Waals surface area contributed by atoms with Gasteiger partial charge in [0.1, 0.15) is 11.9 Å². The van der Waals surface area contributed by atoms with Gasteiger partial charge in [-0.3, -0.25) is 14.6 Å². The number of allylic oxidation sites excluding steroid dienone is 1. The number of hydrogen-bond donors (Lipinski definition) is 2. The highest BCUT2D eigenvalue weighted by Gasteiger charge is 2.45. The average Bonchev–Trinajstić information content (AvgIpc) is 2.78. The zero-order chi connectivity index (χ0) is 24.8. The number of cyclic esters (lactones) is 1. The smallest absolute Gasteiger partial charge is 0.306 e. The first-order valence-electron chi connectivity index (χ1n) is 11.8. The molecule has 0 bridgehead atoms. The van der Waals surface area contributed by atoms with Crippen LogP contribution in [0.1, 0.15) is 78.7 Å². The fourth-order valence-corrected chi connectivity index (χ4v) is 4.28. The summed E-state index contributed by atoms with van der Waals surface area (Å²) >= 11 is 0. The molecule has 0 aromatic carbocycles. The van der Waals surface area contributed by atoms with E-state index < -0.39 is 35.1 Å². The molecule has 0 spiro atoms. The molecule has 2 rings (SSSR count). The van der Waals surface area contributed by atoms with E-state index in [1.165, 1.54) is 0 Å². The molecule has 33 heavy (non-hydrogen) atoms. The van der Waals surface area contributed by atoms with Crippen LogP contribution in [-0.2, 0) is 14.3 Å². The van der Waals surface area contributed by atoms with Crippen LogP contribution >= 0.6 is 0 Å². The SMILES string of the molecule is C=C(c1ccncc1)C1CC=C(C)CCCC(C)C(O)(O)C(C)C(=O)C(C)(C)CCC(=O)O1. The number of ketones is 1. The molecule has 1 aromatic rings. The van der Waals surface area contributed by atoms with Crippen LogP contribution in [-0.4, -0.2) is 38.8 Å². The van der Waals surface area contributed by atoms with Crippen LogP contribution in [0.5, 0.6) is 0 Å². The van der Waals surface area contributed by atoms with Gasteiger partial charge in [-0.05, 0) is 55.9 Å². The van der Waals surface area contributed by atoms with E-state index in [0.717, 1.165) is 24.0 Å². The van der Waals surface area contributed by atoms with Crippen molar-refractivity contribution in [2.45, 2.75) is 85.0 Å². The van der Waals surface area contributed by atoms with Crippen LogP contribution in [0, 0.1) is 17.3 Å². The molecule has 0 fully saturated rings. The van der Waals surface area contributed by atoms with Gasteiger partial charge in [-0.2, -0.15) is 0 Å². The van der Waals surface area contributed by atoms with Crippen LogP contribution in [0.4, 0.5) is 0 Å². The number of nitrogens with zero attached hydrogens (tertiary/aromatic N) is 1. The Hall–Kier alpha value is -2.31. The van der Waals surface area contributed by atoms with Crippen LogP contribution in [0.3, 0.4) is 0 Å². The highest BCUT2D eigenvalue weighted by molar-refractivity contribution is 5.87. The second-order valence-corrected chi connectivity index (χ2v) is 10.1. The summed E-state index contributed by atoms with van der Waals surface area (Å²) < 4.78 is 5.82. The van der Waals surface area contributed by atoms with Gasteiger partial charge in [-0.1, -0.05) is 45.9 Å². The molecule has 0 saturated carbocycles. The van der Waals surface area contributed by atoms with Gasteiger partial charge < -0.3 is 14.9 Å². The lowest BCUT2D eigenvalue weighted by Gasteiger charge is -2.37. The van der Waals surface area contributed by atoms with Gasteiger partial charge in [0.2, 0.25) is 0 Å². The number of aliphatic hydroxyl groups is 2. The topological polar surface area (TPSA) is 96.7 Å². The molecule has 1 aliphatic heterocycles. The maximum atomic E-state index is 13.1. The predicted molar refractivity (Wildman–Crippen MR) is 129 cm³/mol. The molecule has 0 amide bonds. The largest absolute Gasteiger partial charge is 0.457 e. The lowest BCUT2D eigenvalue weighted by atomic mass is 9.73. The summed E-state index contributed by atoms with van der Waals surface area (Å²) in [5.74, 6) is -4.21. The number of aromatic nitrogens is 1. The van der Waals surface area contributed by atoms with E-state index >= 15 is 0 Å². The first kappa shape index (κ1) is 26.9. The Labute approximate surface area is 197 Å². The normalized spacial score (nSPS) is 27.4. The van der Waals surface area contributed by atoms with Crippen molar-refractivity contribution in [3.8, 4) is 0 Å². The molecule has 3 unspecified atom stereocenters. The fraction of sp³-hybridized carbons (Fsp3) is 0.593. The van der Waals surface area contributed by atoms with Crippen LogP contribution in [0.15, 0.2) is 42.8 Å². The zero-order valence-electron chi connectivity index (χ0n) is 20.6. The van der Waals surface area contributed by atoms with Crippen LogP contribution in [0.25, 0.3) is 5.57 Å². The molecule has 0 radical (unpaired) electrons. The number of hydrogen-bond acceptors (Lipinski definition) is 6. The highest BCUT2D eigenvalue weighted by Crippen LogP contribution is 2.36. The van der Waals surface area contributed by atoms with Crippen molar-refractivity contribution in [1.82, 2.24) is 4.98 Å². The second kappa shape index (κ2) is 11.2. The summed E-state index contributed by atoms with van der Waals surface area (Å²) in [6.45, 7) is 13.0. The molecule has 2 N–H and O–H groups in total. The maximum absolute atomic E-state index is 13.1. The van der Waals surface area contributed by atoms with E-state index in [2.05, 4.69) is 17.6 Å². The third-order valence-electron chi connectivity index (χ3n) is 6.98. The third kappa shape index (κ3) is 7.08. The van der Waals surface area contributed by atoms with Gasteiger partial charge in [0, 0.05) is 36.6 Å². The van der Waals surface area contributed by atoms with Crippen LogP contribution in [0.2, 0.25) is 0 Å². The predicted octanol–water partition coefficient (Wildman–Crippen LogP) is 4.86. The molecule has 1 aliphatic rings. The summed E-state index contributed by atoms with van der Waals surface area (Å²) in [5.41, 5.74) is 1.80. The number of ether oxygens (including phenoxy) is 1. The van der Waals surface area contributed by atoms with Crippen molar-refractivity contribution in [3.05, 3.63) is 48.3 Å². The van der Waals surface area contributed by atoms with E-state index in [9.17, 15) is 19.8 Å². The fourth-order valence-electron chi connectivity index (χ4n) is 4.28. The molecule has 0 aliphatic carbocycles. The lowest BCUT2D eigenvalue weighted by Crippen LogP contribution is -2.49. The summed E-state index contributed by atoms with van der Waals surface area (Å²) in [5, 5.41) is 21.5. The van der Waals surface area contributed by atoms with Gasteiger partial charge in [-0.15, -0.1) is 0 Å². The van der Waals surface area contributed by atoms with Gasteiger partial charge in [0.15, 0.2) is 5.79 Å². The minimum absolute atomic E-state index is 0.0493. The number of rotatable bonds is 2. The average molecular weight is 458 g/mol. The molecule has 0 saturated heterocycles. The Morgan fingerprint density at radius 2 is 1.79 bits per heavy atom. The van der Waals surface area contributed by atoms with E-state index in [4.69, 9.17) is 4.74 Å². The summed E-state index contributed by atoms with van der Waals surface area (Å²) in [4.78, 5) is 29.9. The van der Waals surface area contributed by atoms with Gasteiger partial charge in [0.05, 0.1) is 5.92 Å². The molecule has 6 heteroatoms. The van der Waals surface area contributed by atoms with Crippen LogP contribution < -0.4 is 0 Å². The first-order valence-corrected chi connectivity index (χ1v) is 11.8. The van der Waals surface area contributed by atoms with Crippen molar-refractivity contribution in [2.75, 3.05) is 0 Å². The Morgan fingerprint density at radius 3 is 2.42 bits per heavy atom. The maximum Gasteiger partial charge on any atom is 0.306 e. The third-order valence-corrected chi connectivity index (χ3v) is 6.98. The summed E-state index contributed by atoms with van der Waals surface area (Å²) in [7, 11) is 0. The number of carbonyl (C=O) groups is 2. The summed E-state index contributed by atoms with van der Waals surface area (Å²) in [6, 6.07) is 3.68. The van der Waals surface area contributed by atoms with Crippen molar-refractivity contribution in [3.63, 3.8) is 0 Å². The number of esters is 1. The molecule has 2 heterocycles. The minimum atomic E-state index is -2.10. The Kier molecular flexibility index (Phi) is 9.15. The van der Waals surface area contributed by atoms with Crippen molar-refractivity contribution in [1.29, 1.82) is 0 Å². The number of Topliss-reactive ketones (excluding diaryl/α,β-unsaturated/α-hetero) is 1. The van der Waals surface area contributed by atoms with Crippen molar-refractivity contribution >= 4 is 17.3 Å². The molecule has 182 valence electrons. The van der Waals surface area contributed by atoms with Gasteiger partial charge in [-0.25, -0.2) is 0 Å². The van der Waals surface area contributed by atoms with Crippen molar-refractivity contribution < 1.29 is 24.5 Å². The molecule has 6 nitrogen and oxygen atoms in total. The van der Waals surface area contributed by atoms with E-state index in [1.807, 2.05) is 19.1 Å². The zero-order valence-corrected chi connectivity index (χ0v) is 20.6. The minimum Gasteiger partial charge on any atom is -0.457 e. The Morgan fingerprint density at radius 1 is 1.15 bits per heavy atom. The summed E-state index contributed by atoms with van der Waals surface area (Å²) in [6.07, 6.45) is 7.81. The quantitative estimate of drug-likeness (QED) is 0.374. The molecular formula is C27H39NO5. The lowest BCUT2D eigenvalue weighted by molar-refractivity contribution is -0.230. The molecular weight excluding hydrogens is 418 g/mol. The first-order chi connectivity index (χ1) is 15.4. The van der Waals surface area contributed by atoms with Gasteiger partial charge >= 0.3 is 5.97 Å². The number of pyridine rings is 1. The Bertz CT molecular complexity index is 872. The van der Waals surface area contributed by atoms with E-state index in [0.29, 0.717) is 18.4 Å². The molecule has 3 atom stereocenters. The van der Waals surface area contributed by atoms with E-state index in [-0.39, 0.29) is 18.6 Å².